The number of halogens is 2. The van der Waals surface area contributed by atoms with E-state index in [-0.39, 0.29) is 34.5 Å². The van der Waals surface area contributed by atoms with Crippen LogP contribution in [0.3, 0.4) is 0 Å². The molecule has 0 spiro atoms. The fourth-order valence-corrected chi connectivity index (χ4v) is 8.61. The summed E-state index contributed by atoms with van der Waals surface area (Å²) in [5, 5.41) is 0. The number of aromatic nitrogens is 2. The average Bonchev–Trinajstić information content (AvgIpc) is 3.16. The first-order chi connectivity index (χ1) is 28.0. The molecule has 60 heavy (non-hydrogen) atoms. The molecule has 0 saturated heterocycles. The van der Waals surface area contributed by atoms with Crippen LogP contribution in [0.5, 0.6) is 0 Å². The van der Waals surface area contributed by atoms with Gasteiger partial charge >= 0.3 is 0 Å². The molecule has 0 radical (unpaired) electrons. The van der Waals surface area contributed by atoms with Crippen molar-refractivity contribution in [2.45, 2.75) is 94.2 Å². The summed E-state index contributed by atoms with van der Waals surface area (Å²) in [7, 11) is 0. The van der Waals surface area contributed by atoms with Gasteiger partial charge in [0.1, 0.15) is 20.3 Å². The standard InChI is InChI=1S/C50H60Br2N6O2/c1-31(17-13-19-33(3)21-23-37-35(5)47(59)43(25-49(37,7)8)57-27-39(51)45(55)41(53)29-57)15-11-12-16-32(2)18-14-20-34(4)22-24-38-36(6)48(60)44(26-50(38,9)10)58-28-40(52)46(56)42(54)30-58/h11-24,27-30,43-44,55-56H,25-26,53-54H2,1-10H3/p+2/b12-11+,17-13+,18-14+,23-21+,24-22+,31-15+,32-16+,33-19+,34-20+. The van der Waals surface area contributed by atoms with Gasteiger partial charge in [0.2, 0.25) is 23.7 Å². The molecule has 0 saturated carbocycles. The van der Waals surface area contributed by atoms with Gasteiger partial charge in [-0.25, -0.2) is 0 Å². The van der Waals surface area contributed by atoms with Crippen LogP contribution in [0.2, 0.25) is 0 Å². The first kappa shape index (κ1) is 47.6. The largest absolute Gasteiger partial charge is 0.396 e. The molecule has 2 aromatic heterocycles. The summed E-state index contributed by atoms with van der Waals surface area (Å²) < 4.78 is 5.10. The average molecular weight is 939 g/mol. The van der Waals surface area contributed by atoms with Crippen molar-refractivity contribution in [1.82, 2.24) is 0 Å². The van der Waals surface area contributed by atoms with Crippen molar-refractivity contribution in [3.63, 3.8) is 0 Å². The number of hydrogen-bond acceptors (Lipinski definition) is 6. The van der Waals surface area contributed by atoms with Crippen molar-refractivity contribution in [2.24, 2.45) is 10.8 Å². The summed E-state index contributed by atoms with van der Waals surface area (Å²) in [5.41, 5.74) is 33.7. The maximum absolute atomic E-state index is 13.5. The predicted molar refractivity (Wildman–Crippen MR) is 257 cm³/mol. The van der Waals surface area contributed by atoms with E-state index in [1.54, 1.807) is 12.4 Å². The van der Waals surface area contributed by atoms with Crippen molar-refractivity contribution >= 4 is 66.2 Å². The Kier molecular flexibility index (Phi) is 15.9. The number of carbonyl (C=O) groups excluding carboxylic acids is 2. The molecule has 4 rings (SSSR count). The lowest BCUT2D eigenvalue weighted by molar-refractivity contribution is -0.711. The molecule has 0 bridgehead atoms. The Bertz CT molecular complexity index is 2180. The third-order valence-corrected chi connectivity index (χ3v) is 12.5. The van der Waals surface area contributed by atoms with Gasteiger partial charge in [-0.15, -0.1) is 0 Å². The number of nitrogens with zero attached hydrogens (tertiary/aromatic N) is 2. The molecule has 2 aromatic rings. The smallest absolute Gasteiger partial charge is 0.226 e. The summed E-state index contributed by atoms with van der Waals surface area (Å²) in [6, 6.07) is -0.704. The van der Waals surface area contributed by atoms with E-state index in [9.17, 15) is 9.59 Å². The van der Waals surface area contributed by atoms with Gasteiger partial charge in [-0.2, -0.15) is 9.13 Å². The SMILES string of the molecule is CC1=C(/C=C/C(C)=C/C=C/C(C)=C/C=C/C=C(C)/C=C/C=C(C)/C=C/C2=C(C)C(=O)C([n+]3cc(N)c(N)c(Br)c3)CC2(C)C)C(C)(C)CC([n+]2cc(N)c(N)c(Br)c2)C1=O. The van der Waals surface area contributed by atoms with Gasteiger partial charge < -0.3 is 22.9 Å². The van der Waals surface area contributed by atoms with Gasteiger partial charge in [0.15, 0.2) is 24.8 Å². The molecule has 10 heteroatoms. The third-order valence-electron chi connectivity index (χ3n) is 11.3. The van der Waals surface area contributed by atoms with Gasteiger partial charge in [0.25, 0.3) is 0 Å². The second-order valence-electron chi connectivity index (χ2n) is 17.3. The van der Waals surface area contributed by atoms with E-state index in [0.29, 0.717) is 44.5 Å². The summed E-state index contributed by atoms with van der Waals surface area (Å²) >= 11 is 6.93. The zero-order chi connectivity index (χ0) is 44.7. The van der Waals surface area contributed by atoms with E-state index in [1.165, 1.54) is 0 Å². The van der Waals surface area contributed by atoms with E-state index in [1.807, 2.05) is 59.7 Å². The molecule has 2 atom stereocenters. The minimum Gasteiger partial charge on any atom is -0.396 e. The van der Waals surface area contributed by atoms with Crippen molar-refractivity contribution in [3.05, 3.63) is 163 Å². The highest BCUT2D eigenvalue weighted by Gasteiger charge is 2.44. The Morgan fingerprint density at radius 2 is 0.883 bits per heavy atom. The normalized spacial score (nSPS) is 21.1. The predicted octanol–water partition coefficient (Wildman–Crippen LogP) is 11.1. The van der Waals surface area contributed by atoms with E-state index < -0.39 is 0 Å². The van der Waals surface area contributed by atoms with E-state index >= 15 is 0 Å². The minimum atomic E-state index is -0.352. The van der Waals surface area contributed by atoms with Gasteiger partial charge in [-0.1, -0.05) is 135 Å². The molecule has 0 fully saturated rings. The van der Waals surface area contributed by atoms with Gasteiger partial charge in [0, 0.05) is 24.0 Å². The molecule has 0 aliphatic heterocycles. The number of nitrogen functional groups attached to an aromatic ring is 4. The Morgan fingerprint density at radius 1 is 0.567 bits per heavy atom. The zero-order valence-electron chi connectivity index (χ0n) is 36.7. The van der Waals surface area contributed by atoms with Crippen LogP contribution in [-0.2, 0) is 9.59 Å². The van der Waals surface area contributed by atoms with Crippen LogP contribution < -0.4 is 32.1 Å². The fourth-order valence-electron chi connectivity index (χ4n) is 7.68. The van der Waals surface area contributed by atoms with Crippen LogP contribution in [0, 0.1) is 10.8 Å². The molecular weight excluding hydrogens is 876 g/mol. The maximum Gasteiger partial charge on any atom is 0.226 e. The Balaban J connectivity index is 1.33. The number of hydrogen-bond donors (Lipinski definition) is 4. The van der Waals surface area contributed by atoms with Crippen LogP contribution in [0.4, 0.5) is 22.7 Å². The number of ketones is 2. The van der Waals surface area contributed by atoms with Crippen LogP contribution >= 0.6 is 31.9 Å². The first-order valence-electron chi connectivity index (χ1n) is 20.1. The summed E-state index contributed by atoms with van der Waals surface area (Å²) in [4.78, 5) is 27.1. The van der Waals surface area contributed by atoms with Crippen LogP contribution in [-0.4, -0.2) is 11.6 Å². The molecule has 0 aromatic carbocycles. The number of allylic oxidation sites excluding steroid dienone is 22. The molecule has 2 aliphatic carbocycles. The van der Waals surface area contributed by atoms with E-state index in [0.717, 1.165) is 44.6 Å². The number of rotatable bonds is 12. The van der Waals surface area contributed by atoms with E-state index in [2.05, 4.69) is 148 Å². The van der Waals surface area contributed by atoms with Crippen LogP contribution in [0.25, 0.3) is 0 Å². The fraction of sp³-hybridized carbons (Fsp3) is 0.320. The molecule has 0 amide bonds. The molecule has 8 N–H and O–H groups in total. The van der Waals surface area contributed by atoms with Crippen LogP contribution in [0.1, 0.15) is 94.2 Å². The third kappa shape index (κ3) is 11.8. The molecular formula is C50H62Br2N6O2+2. The lowest BCUT2D eigenvalue weighted by atomic mass is 9.70. The monoisotopic (exact) mass is 936 g/mol. The number of Topliss-reactive ketones (excluding diaryl/α,β-unsaturated/α-hetero) is 2. The van der Waals surface area contributed by atoms with Crippen molar-refractivity contribution in [3.8, 4) is 0 Å². The van der Waals surface area contributed by atoms with E-state index in [4.69, 9.17) is 22.9 Å². The molecule has 2 aliphatic rings. The topological polar surface area (TPSA) is 146 Å². The number of pyridine rings is 2. The summed E-state index contributed by atoms with van der Waals surface area (Å²) in [5.74, 6) is 0.168. The van der Waals surface area contributed by atoms with Crippen molar-refractivity contribution < 1.29 is 18.7 Å². The second-order valence-corrected chi connectivity index (χ2v) is 19.0. The molecule has 8 nitrogen and oxygen atoms in total. The molecule has 316 valence electrons. The lowest BCUT2D eigenvalue weighted by Gasteiger charge is -2.34. The van der Waals surface area contributed by atoms with Crippen molar-refractivity contribution in [1.29, 1.82) is 0 Å². The molecule has 2 heterocycles. The lowest BCUT2D eigenvalue weighted by Crippen LogP contribution is -2.49. The first-order valence-corrected chi connectivity index (χ1v) is 21.7. The molecule has 2 unspecified atom stereocenters. The minimum absolute atomic E-state index is 0.0838. The number of anilines is 4. The summed E-state index contributed by atoms with van der Waals surface area (Å²) in [6.07, 6.45) is 37.3. The van der Waals surface area contributed by atoms with Crippen molar-refractivity contribution in [2.75, 3.05) is 22.9 Å². The summed E-state index contributed by atoms with van der Waals surface area (Å²) in [6.45, 7) is 20.8. The Labute approximate surface area is 374 Å². The zero-order valence-corrected chi connectivity index (χ0v) is 39.9. The number of nitrogens with two attached hydrogens (primary N) is 4. The Hall–Kier alpha value is -5.06. The highest BCUT2D eigenvalue weighted by Crippen LogP contribution is 2.44. The highest BCUT2D eigenvalue weighted by atomic mass is 79.9. The second kappa shape index (κ2) is 20.0. The van der Waals surface area contributed by atoms with Gasteiger partial charge in [-0.05, 0) is 95.4 Å². The van der Waals surface area contributed by atoms with Gasteiger partial charge in [-0.3, -0.25) is 9.59 Å². The number of carbonyl (C=O) groups is 2. The Morgan fingerprint density at radius 3 is 1.22 bits per heavy atom. The highest BCUT2D eigenvalue weighted by molar-refractivity contribution is 9.11. The van der Waals surface area contributed by atoms with Crippen LogP contribution in [0.15, 0.2) is 163 Å². The quantitative estimate of drug-likeness (QED) is 0.123. The maximum atomic E-state index is 13.5. The van der Waals surface area contributed by atoms with Gasteiger partial charge in [0.05, 0.1) is 11.4 Å².